The van der Waals surface area contributed by atoms with E-state index in [4.69, 9.17) is 0 Å². The first-order valence-corrected chi connectivity index (χ1v) is 9.92. The highest BCUT2D eigenvalue weighted by Crippen LogP contribution is 2.18. The van der Waals surface area contributed by atoms with Crippen LogP contribution in [0.1, 0.15) is 33.7 Å². The average Bonchev–Trinajstić information content (AvgIpc) is 2.82. The third-order valence-electron chi connectivity index (χ3n) is 3.65. The summed E-state index contributed by atoms with van der Waals surface area (Å²) in [6, 6.07) is 7.03. The van der Waals surface area contributed by atoms with E-state index in [0.717, 1.165) is 29.6 Å². The van der Waals surface area contributed by atoms with Gasteiger partial charge in [-0.15, -0.1) is 0 Å². The fraction of sp³-hybridized carbons (Fsp3) is 0.412. The van der Waals surface area contributed by atoms with Crippen molar-refractivity contribution in [3.8, 4) is 0 Å². The second kappa shape index (κ2) is 7.69. The molecular formula is C17H24N4O3S. The van der Waals surface area contributed by atoms with Crippen LogP contribution in [-0.4, -0.2) is 36.9 Å². The van der Waals surface area contributed by atoms with Crippen LogP contribution in [0.2, 0.25) is 0 Å². The summed E-state index contributed by atoms with van der Waals surface area (Å²) in [4.78, 5) is 12.4. The molecule has 7 nitrogen and oxygen atoms in total. The van der Waals surface area contributed by atoms with Crippen LogP contribution in [0.5, 0.6) is 0 Å². The fourth-order valence-electron chi connectivity index (χ4n) is 2.56. The molecule has 0 saturated heterocycles. The Labute approximate surface area is 148 Å². The molecule has 0 aliphatic carbocycles. The summed E-state index contributed by atoms with van der Waals surface area (Å²) in [5, 5.41) is 7.21. The van der Waals surface area contributed by atoms with Crippen LogP contribution >= 0.6 is 0 Å². The highest BCUT2D eigenvalue weighted by atomic mass is 32.2. The first-order valence-electron chi connectivity index (χ1n) is 8.03. The molecule has 0 radical (unpaired) electrons. The minimum atomic E-state index is -3.45. The van der Waals surface area contributed by atoms with E-state index in [0.29, 0.717) is 18.7 Å². The second-order valence-electron chi connectivity index (χ2n) is 6.18. The zero-order valence-electron chi connectivity index (χ0n) is 15.0. The van der Waals surface area contributed by atoms with Crippen molar-refractivity contribution in [2.24, 2.45) is 0 Å². The van der Waals surface area contributed by atoms with E-state index < -0.39 is 10.0 Å². The Morgan fingerprint density at radius 3 is 2.52 bits per heavy atom. The van der Waals surface area contributed by atoms with Crippen molar-refractivity contribution in [3.63, 3.8) is 0 Å². The normalized spacial score (nSPS) is 11.4. The van der Waals surface area contributed by atoms with Crippen molar-refractivity contribution in [1.82, 2.24) is 15.1 Å². The van der Waals surface area contributed by atoms with E-state index in [-0.39, 0.29) is 11.6 Å². The van der Waals surface area contributed by atoms with E-state index in [2.05, 4.69) is 15.1 Å². The third-order valence-corrected chi connectivity index (χ3v) is 4.24. The number of hydrogen-bond acceptors (Lipinski definition) is 4. The maximum absolute atomic E-state index is 12.4. The molecule has 0 aliphatic rings. The van der Waals surface area contributed by atoms with Gasteiger partial charge in [0.25, 0.3) is 5.91 Å². The topological polar surface area (TPSA) is 93.1 Å². The summed E-state index contributed by atoms with van der Waals surface area (Å²) >= 11 is 0. The van der Waals surface area contributed by atoms with Gasteiger partial charge >= 0.3 is 0 Å². The summed E-state index contributed by atoms with van der Waals surface area (Å²) in [7, 11) is -3.45. The molecule has 25 heavy (non-hydrogen) atoms. The van der Waals surface area contributed by atoms with Crippen molar-refractivity contribution in [1.29, 1.82) is 0 Å². The van der Waals surface area contributed by atoms with E-state index in [1.54, 1.807) is 18.2 Å². The highest BCUT2D eigenvalue weighted by molar-refractivity contribution is 7.92. The van der Waals surface area contributed by atoms with Crippen LogP contribution in [0.4, 0.5) is 5.69 Å². The zero-order valence-corrected chi connectivity index (χ0v) is 15.8. The summed E-state index contributed by atoms with van der Waals surface area (Å²) in [6.07, 6.45) is 1.79. The van der Waals surface area contributed by atoms with Crippen LogP contribution in [0.3, 0.4) is 0 Å². The zero-order chi connectivity index (χ0) is 18.6. The number of aryl methyl sites for hydroxylation is 4. The Kier molecular flexibility index (Phi) is 5.84. The lowest BCUT2D eigenvalue weighted by Crippen LogP contribution is -2.27. The Balaban J connectivity index is 1.98. The van der Waals surface area contributed by atoms with Gasteiger partial charge in [-0.1, -0.05) is 11.6 Å². The number of anilines is 1. The van der Waals surface area contributed by atoms with Crippen LogP contribution in [0.15, 0.2) is 24.3 Å². The Morgan fingerprint density at radius 1 is 1.20 bits per heavy atom. The lowest BCUT2D eigenvalue weighted by atomic mass is 10.1. The molecule has 0 bridgehead atoms. The first-order chi connectivity index (χ1) is 11.7. The number of rotatable bonds is 7. The predicted molar refractivity (Wildman–Crippen MR) is 98.3 cm³/mol. The third kappa shape index (κ3) is 5.60. The van der Waals surface area contributed by atoms with Gasteiger partial charge in [0.2, 0.25) is 10.0 Å². The summed E-state index contributed by atoms with van der Waals surface area (Å²) in [5.74, 6) is -0.303. The molecule has 136 valence electrons. The first kappa shape index (κ1) is 19.0. The standard InChI is InChI=1S/C17H24N4O3S/c1-12-6-7-16(20-25(4,23)24)15(10-12)17(22)18-8-5-9-21-14(3)11-13(2)19-21/h6-7,10-11,20H,5,8-9H2,1-4H3,(H,18,22). The lowest BCUT2D eigenvalue weighted by molar-refractivity contribution is 0.0953. The van der Waals surface area contributed by atoms with Gasteiger partial charge in [-0.2, -0.15) is 5.10 Å². The van der Waals surface area contributed by atoms with Gasteiger partial charge in [0.05, 0.1) is 23.2 Å². The van der Waals surface area contributed by atoms with Gasteiger partial charge in [0, 0.05) is 18.8 Å². The smallest absolute Gasteiger partial charge is 0.253 e. The SMILES string of the molecule is Cc1ccc(NS(C)(=O)=O)c(C(=O)NCCCn2nc(C)cc2C)c1. The van der Waals surface area contributed by atoms with E-state index in [9.17, 15) is 13.2 Å². The minimum Gasteiger partial charge on any atom is -0.352 e. The van der Waals surface area contributed by atoms with Crippen LogP contribution in [0, 0.1) is 20.8 Å². The molecule has 1 aromatic heterocycles. The molecule has 8 heteroatoms. The molecule has 0 fully saturated rings. The van der Waals surface area contributed by atoms with Crippen molar-refractivity contribution in [2.75, 3.05) is 17.5 Å². The Bertz CT molecular complexity index is 872. The van der Waals surface area contributed by atoms with Gasteiger partial charge in [-0.05, 0) is 45.4 Å². The van der Waals surface area contributed by atoms with Gasteiger partial charge < -0.3 is 5.32 Å². The van der Waals surface area contributed by atoms with Crippen molar-refractivity contribution >= 4 is 21.6 Å². The molecular weight excluding hydrogens is 340 g/mol. The van der Waals surface area contributed by atoms with Gasteiger partial charge in [0.15, 0.2) is 0 Å². The van der Waals surface area contributed by atoms with E-state index >= 15 is 0 Å². The molecule has 1 amide bonds. The number of carbonyl (C=O) groups is 1. The number of hydrogen-bond donors (Lipinski definition) is 2. The molecule has 1 heterocycles. The van der Waals surface area contributed by atoms with Gasteiger partial charge in [-0.3, -0.25) is 14.2 Å². The van der Waals surface area contributed by atoms with Crippen molar-refractivity contribution in [3.05, 3.63) is 46.8 Å². The second-order valence-corrected chi connectivity index (χ2v) is 7.93. The van der Waals surface area contributed by atoms with Crippen LogP contribution in [-0.2, 0) is 16.6 Å². The molecule has 2 rings (SSSR count). The quantitative estimate of drug-likeness (QED) is 0.735. The predicted octanol–water partition coefficient (Wildman–Crippen LogP) is 2.00. The number of sulfonamides is 1. The summed E-state index contributed by atoms with van der Waals surface area (Å²) < 4.78 is 27.2. The average molecular weight is 364 g/mol. The molecule has 1 aromatic carbocycles. The maximum atomic E-state index is 12.4. The molecule has 2 N–H and O–H groups in total. The number of carbonyl (C=O) groups excluding carboxylic acids is 1. The molecule has 0 atom stereocenters. The van der Waals surface area contributed by atoms with E-state index in [1.165, 1.54) is 0 Å². The molecule has 0 unspecified atom stereocenters. The molecule has 2 aromatic rings. The van der Waals surface area contributed by atoms with E-state index in [1.807, 2.05) is 31.5 Å². The Hall–Kier alpha value is -2.35. The highest BCUT2D eigenvalue weighted by Gasteiger charge is 2.14. The number of nitrogens with zero attached hydrogens (tertiary/aromatic N) is 2. The van der Waals surface area contributed by atoms with Crippen molar-refractivity contribution < 1.29 is 13.2 Å². The number of aromatic nitrogens is 2. The molecule has 0 saturated carbocycles. The monoisotopic (exact) mass is 364 g/mol. The van der Waals surface area contributed by atoms with Crippen LogP contribution in [0.25, 0.3) is 0 Å². The Morgan fingerprint density at radius 2 is 1.92 bits per heavy atom. The lowest BCUT2D eigenvalue weighted by Gasteiger charge is -2.12. The summed E-state index contributed by atoms with van der Waals surface area (Å²) in [5.41, 5.74) is 3.53. The van der Waals surface area contributed by atoms with Gasteiger partial charge in [0.1, 0.15) is 0 Å². The fourth-order valence-corrected chi connectivity index (χ4v) is 3.14. The largest absolute Gasteiger partial charge is 0.352 e. The van der Waals surface area contributed by atoms with Gasteiger partial charge in [-0.25, -0.2) is 8.42 Å². The number of amides is 1. The number of nitrogens with one attached hydrogen (secondary N) is 2. The molecule has 0 spiro atoms. The minimum absolute atomic E-state index is 0.282. The number of benzene rings is 1. The maximum Gasteiger partial charge on any atom is 0.253 e. The summed E-state index contributed by atoms with van der Waals surface area (Å²) in [6.45, 7) is 6.98. The molecule has 0 aliphatic heterocycles. The van der Waals surface area contributed by atoms with Crippen LogP contribution < -0.4 is 10.0 Å². The van der Waals surface area contributed by atoms with Crippen molar-refractivity contribution in [2.45, 2.75) is 33.7 Å².